The molecule has 0 heterocycles. The van der Waals surface area contributed by atoms with Gasteiger partial charge in [-0.15, -0.1) is 0 Å². The predicted molar refractivity (Wildman–Crippen MR) is 76.6 cm³/mol. The third-order valence-corrected chi connectivity index (χ3v) is 2.73. The van der Waals surface area contributed by atoms with Crippen LogP contribution in [0.5, 0.6) is 0 Å². The molecule has 1 aromatic rings. The van der Waals surface area contributed by atoms with Gasteiger partial charge < -0.3 is 15.0 Å². The van der Waals surface area contributed by atoms with Crippen molar-refractivity contribution >= 4 is 0 Å². The number of nitrogens with zero attached hydrogens (tertiary/aromatic N) is 1. The molecule has 0 bridgehead atoms. The first kappa shape index (κ1) is 15.2. The first-order valence-corrected chi connectivity index (χ1v) is 6.73. The van der Waals surface area contributed by atoms with Gasteiger partial charge in [-0.1, -0.05) is 31.2 Å². The van der Waals surface area contributed by atoms with E-state index in [-0.39, 0.29) is 0 Å². The van der Waals surface area contributed by atoms with E-state index in [2.05, 4.69) is 55.5 Å². The summed E-state index contributed by atoms with van der Waals surface area (Å²) in [5.41, 5.74) is 2.58. The van der Waals surface area contributed by atoms with Gasteiger partial charge in [0.25, 0.3) is 0 Å². The number of nitrogens with one attached hydrogen (secondary N) is 1. The molecule has 0 aliphatic carbocycles. The molecule has 3 heteroatoms. The van der Waals surface area contributed by atoms with Gasteiger partial charge in [0.2, 0.25) is 0 Å². The van der Waals surface area contributed by atoms with Gasteiger partial charge in [-0.3, -0.25) is 0 Å². The maximum atomic E-state index is 5.61. The van der Waals surface area contributed by atoms with Crippen molar-refractivity contribution in [1.29, 1.82) is 0 Å². The fourth-order valence-electron chi connectivity index (χ4n) is 1.60. The molecule has 1 rings (SSSR count). The van der Waals surface area contributed by atoms with Crippen molar-refractivity contribution in [1.82, 2.24) is 10.2 Å². The van der Waals surface area contributed by atoms with Gasteiger partial charge in [0.15, 0.2) is 0 Å². The average Bonchev–Trinajstić information content (AvgIpc) is 2.36. The van der Waals surface area contributed by atoms with Crippen LogP contribution < -0.4 is 5.32 Å². The van der Waals surface area contributed by atoms with Crippen molar-refractivity contribution in [2.24, 2.45) is 0 Å². The Kier molecular flexibility index (Phi) is 7.65. The van der Waals surface area contributed by atoms with Crippen LogP contribution in [0.4, 0.5) is 0 Å². The molecule has 3 nitrogen and oxygen atoms in total. The second-order valence-electron chi connectivity index (χ2n) is 4.85. The predicted octanol–water partition coefficient (Wildman–Crippen LogP) is 2.26. The van der Waals surface area contributed by atoms with Crippen LogP contribution in [-0.4, -0.2) is 38.7 Å². The standard InChI is InChI=1S/C15H26N2O/c1-4-9-16-12-14-5-7-15(8-6-14)13-18-11-10-17(2)3/h5-8,16H,4,9-13H2,1-3H3. The van der Waals surface area contributed by atoms with Crippen molar-refractivity contribution in [3.8, 4) is 0 Å². The Morgan fingerprint density at radius 3 is 2.39 bits per heavy atom. The van der Waals surface area contributed by atoms with Gasteiger partial charge in [-0.05, 0) is 38.2 Å². The first-order valence-electron chi connectivity index (χ1n) is 6.73. The molecule has 18 heavy (non-hydrogen) atoms. The molecular weight excluding hydrogens is 224 g/mol. The highest BCUT2D eigenvalue weighted by molar-refractivity contribution is 5.21. The Balaban J connectivity index is 2.23. The number of hydrogen-bond donors (Lipinski definition) is 1. The second-order valence-corrected chi connectivity index (χ2v) is 4.85. The number of ether oxygens (including phenoxy) is 1. The summed E-state index contributed by atoms with van der Waals surface area (Å²) in [5.74, 6) is 0. The Bertz CT molecular complexity index is 309. The van der Waals surface area contributed by atoms with Gasteiger partial charge in [0.05, 0.1) is 13.2 Å². The summed E-state index contributed by atoms with van der Waals surface area (Å²) < 4.78 is 5.61. The molecule has 1 aromatic carbocycles. The molecule has 1 N–H and O–H groups in total. The van der Waals surface area contributed by atoms with Gasteiger partial charge in [-0.25, -0.2) is 0 Å². The Hall–Kier alpha value is -0.900. The van der Waals surface area contributed by atoms with E-state index in [4.69, 9.17) is 4.74 Å². The number of benzene rings is 1. The third-order valence-electron chi connectivity index (χ3n) is 2.73. The van der Waals surface area contributed by atoms with Gasteiger partial charge in [0.1, 0.15) is 0 Å². The lowest BCUT2D eigenvalue weighted by Gasteiger charge is -2.10. The molecule has 0 saturated heterocycles. The molecule has 0 amide bonds. The molecule has 0 radical (unpaired) electrons. The quantitative estimate of drug-likeness (QED) is 0.680. The van der Waals surface area contributed by atoms with E-state index in [0.717, 1.165) is 26.2 Å². The Labute approximate surface area is 111 Å². The average molecular weight is 250 g/mol. The van der Waals surface area contributed by atoms with Gasteiger partial charge in [-0.2, -0.15) is 0 Å². The van der Waals surface area contributed by atoms with E-state index in [1.807, 2.05) is 0 Å². The molecule has 0 aliphatic heterocycles. The number of rotatable bonds is 9. The Morgan fingerprint density at radius 1 is 1.11 bits per heavy atom. The smallest absolute Gasteiger partial charge is 0.0717 e. The highest BCUT2D eigenvalue weighted by atomic mass is 16.5. The first-order chi connectivity index (χ1) is 8.72. The lowest BCUT2D eigenvalue weighted by Crippen LogP contribution is -2.17. The van der Waals surface area contributed by atoms with Crippen molar-refractivity contribution in [2.45, 2.75) is 26.5 Å². The summed E-state index contributed by atoms with van der Waals surface area (Å²) in [4.78, 5) is 2.13. The summed E-state index contributed by atoms with van der Waals surface area (Å²) in [5, 5.41) is 3.40. The zero-order chi connectivity index (χ0) is 13.2. The molecule has 0 atom stereocenters. The molecule has 0 aromatic heterocycles. The fraction of sp³-hybridized carbons (Fsp3) is 0.600. The van der Waals surface area contributed by atoms with E-state index >= 15 is 0 Å². The molecule has 0 saturated carbocycles. The minimum atomic E-state index is 0.705. The minimum absolute atomic E-state index is 0.705. The third kappa shape index (κ3) is 6.74. The normalized spacial score (nSPS) is 11.1. The summed E-state index contributed by atoms with van der Waals surface area (Å²) in [6, 6.07) is 8.65. The zero-order valence-corrected chi connectivity index (χ0v) is 11.9. The van der Waals surface area contributed by atoms with E-state index in [0.29, 0.717) is 6.61 Å². The zero-order valence-electron chi connectivity index (χ0n) is 11.9. The second kappa shape index (κ2) is 9.09. The van der Waals surface area contributed by atoms with Crippen LogP contribution in [-0.2, 0) is 17.9 Å². The van der Waals surface area contributed by atoms with Gasteiger partial charge >= 0.3 is 0 Å². The van der Waals surface area contributed by atoms with Crippen LogP contribution in [0.15, 0.2) is 24.3 Å². The molecule has 0 unspecified atom stereocenters. The number of hydrogen-bond acceptors (Lipinski definition) is 3. The molecule has 0 aliphatic rings. The van der Waals surface area contributed by atoms with Crippen molar-refractivity contribution < 1.29 is 4.74 Å². The SMILES string of the molecule is CCCNCc1ccc(COCCN(C)C)cc1. The maximum Gasteiger partial charge on any atom is 0.0717 e. The van der Waals surface area contributed by atoms with Gasteiger partial charge in [0, 0.05) is 13.1 Å². The van der Waals surface area contributed by atoms with E-state index in [1.54, 1.807) is 0 Å². The van der Waals surface area contributed by atoms with Crippen molar-refractivity contribution in [3.05, 3.63) is 35.4 Å². The van der Waals surface area contributed by atoms with E-state index in [9.17, 15) is 0 Å². The minimum Gasteiger partial charge on any atom is -0.375 e. The Morgan fingerprint density at radius 2 is 1.78 bits per heavy atom. The summed E-state index contributed by atoms with van der Waals surface area (Å²) in [7, 11) is 4.11. The highest BCUT2D eigenvalue weighted by Crippen LogP contribution is 2.05. The monoisotopic (exact) mass is 250 g/mol. The van der Waals surface area contributed by atoms with E-state index < -0.39 is 0 Å². The van der Waals surface area contributed by atoms with Crippen LogP contribution in [0.2, 0.25) is 0 Å². The number of likely N-dealkylation sites (N-methyl/N-ethyl adjacent to an activating group) is 1. The highest BCUT2D eigenvalue weighted by Gasteiger charge is 1.96. The molecular formula is C15H26N2O. The summed E-state index contributed by atoms with van der Waals surface area (Å²) >= 11 is 0. The molecule has 0 spiro atoms. The lowest BCUT2D eigenvalue weighted by atomic mass is 10.1. The van der Waals surface area contributed by atoms with Crippen LogP contribution in [0.3, 0.4) is 0 Å². The maximum absolute atomic E-state index is 5.61. The van der Waals surface area contributed by atoms with Crippen LogP contribution in [0.25, 0.3) is 0 Å². The van der Waals surface area contributed by atoms with Crippen LogP contribution in [0.1, 0.15) is 24.5 Å². The topological polar surface area (TPSA) is 24.5 Å². The van der Waals surface area contributed by atoms with Crippen molar-refractivity contribution in [3.63, 3.8) is 0 Å². The van der Waals surface area contributed by atoms with Crippen molar-refractivity contribution in [2.75, 3.05) is 33.8 Å². The molecule has 102 valence electrons. The van der Waals surface area contributed by atoms with Crippen LogP contribution >= 0.6 is 0 Å². The fourth-order valence-corrected chi connectivity index (χ4v) is 1.60. The summed E-state index contributed by atoms with van der Waals surface area (Å²) in [6.07, 6.45) is 1.18. The van der Waals surface area contributed by atoms with E-state index in [1.165, 1.54) is 17.5 Å². The van der Waals surface area contributed by atoms with Crippen LogP contribution in [0, 0.1) is 0 Å². The molecule has 0 fully saturated rings. The summed E-state index contributed by atoms with van der Waals surface area (Å²) in [6.45, 7) is 6.68. The largest absolute Gasteiger partial charge is 0.375 e. The lowest BCUT2D eigenvalue weighted by molar-refractivity contribution is 0.105.